The van der Waals surface area contributed by atoms with Crippen molar-refractivity contribution in [1.82, 2.24) is 19.6 Å². The standard InChI is InChI=1S/C27H41BrN6O3/c1-25(2,3)37-24(35)32-17-27(18-32)14-20(15-27)34-22(29-6)21(28)23(30-34)33-8-7-19(13-26(33,4)5)16-31-9-11-36-12-10-31/h19-20H,7-18H2,1-5H3/t19-/m1/s1. The van der Waals surface area contributed by atoms with Crippen LogP contribution in [0.1, 0.15) is 66.3 Å². The Balaban J connectivity index is 1.22. The van der Waals surface area contributed by atoms with E-state index in [0.717, 1.165) is 88.5 Å². The largest absolute Gasteiger partial charge is 0.444 e. The molecule has 3 aliphatic heterocycles. The number of rotatable bonds is 4. The average Bonchev–Trinajstić information content (AvgIpc) is 3.06. The van der Waals surface area contributed by atoms with Gasteiger partial charge < -0.3 is 24.1 Å². The number of morpholine rings is 1. The summed E-state index contributed by atoms with van der Waals surface area (Å²) in [6, 6.07) is 0.192. The summed E-state index contributed by atoms with van der Waals surface area (Å²) in [6.45, 7) is 25.4. The SMILES string of the molecule is [C-]#[N+]c1c(Br)c(N2CC[C@@H](CN3CCOCC3)CC2(C)C)nn1C1CC2(C1)CN(C(=O)OC(C)(C)C)C2. The molecule has 0 aromatic carbocycles. The minimum Gasteiger partial charge on any atom is -0.444 e. The fourth-order valence-electron chi connectivity index (χ4n) is 6.74. The highest BCUT2D eigenvalue weighted by molar-refractivity contribution is 9.10. The molecule has 37 heavy (non-hydrogen) atoms. The Hall–Kier alpha value is -1.83. The molecule has 1 aromatic heterocycles. The zero-order valence-electron chi connectivity index (χ0n) is 22.9. The van der Waals surface area contributed by atoms with E-state index in [1.54, 1.807) is 4.90 Å². The van der Waals surface area contributed by atoms with E-state index in [-0.39, 0.29) is 23.1 Å². The van der Waals surface area contributed by atoms with Gasteiger partial charge in [-0.2, -0.15) is 4.68 Å². The highest BCUT2D eigenvalue weighted by Crippen LogP contribution is 2.56. The molecule has 204 valence electrons. The van der Waals surface area contributed by atoms with Gasteiger partial charge in [-0.15, -0.1) is 0 Å². The molecule has 1 aliphatic carbocycles. The monoisotopic (exact) mass is 576 g/mol. The van der Waals surface area contributed by atoms with Crippen molar-refractivity contribution in [2.45, 2.75) is 77.5 Å². The van der Waals surface area contributed by atoms with Crippen molar-refractivity contribution in [2.75, 3.05) is 57.4 Å². The molecule has 1 aromatic rings. The lowest BCUT2D eigenvalue weighted by atomic mass is 9.61. The Kier molecular flexibility index (Phi) is 7.04. The van der Waals surface area contributed by atoms with Gasteiger partial charge >= 0.3 is 6.09 Å². The van der Waals surface area contributed by atoms with Crippen molar-refractivity contribution in [3.63, 3.8) is 0 Å². The summed E-state index contributed by atoms with van der Waals surface area (Å²) in [5.74, 6) is 2.14. The first kappa shape index (κ1) is 26.8. The number of piperidine rings is 1. The fourth-order valence-corrected chi connectivity index (χ4v) is 7.31. The minimum absolute atomic E-state index is 0.0427. The Morgan fingerprint density at radius 1 is 1.19 bits per heavy atom. The van der Waals surface area contributed by atoms with E-state index in [0.29, 0.717) is 11.7 Å². The summed E-state index contributed by atoms with van der Waals surface area (Å²) in [6.07, 6.45) is 3.87. The molecule has 10 heteroatoms. The summed E-state index contributed by atoms with van der Waals surface area (Å²) in [4.78, 5) is 23.0. The van der Waals surface area contributed by atoms with Gasteiger partial charge in [0.25, 0.3) is 5.82 Å². The Morgan fingerprint density at radius 2 is 1.86 bits per heavy atom. The number of likely N-dealkylation sites (tertiary alicyclic amines) is 1. The van der Waals surface area contributed by atoms with E-state index in [1.165, 1.54) is 0 Å². The number of nitrogens with zero attached hydrogens (tertiary/aromatic N) is 6. The van der Waals surface area contributed by atoms with Gasteiger partial charge in [0.1, 0.15) is 11.6 Å². The van der Waals surface area contributed by atoms with Gasteiger partial charge in [-0.3, -0.25) is 4.90 Å². The normalized spacial score (nSPS) is 25.9. The van der Waals surface area contributed by atoms with E-state index in [9.17, 15) is 4.79 Å². The molecule has 1 atom stereocenters. The highest BCUT2D eigenvalue weighted by Gasteiger charge is 2.57. The Labute approximate surface area is 229 Å². The van der Waals surface area contributed by atoms with Crippen LogP contribution >= 0.6 is 15.9 Å². The van der Waals surface area contributed by atoms with Gasteiger partial charge in [0.15, 0.2) is 5.82 Å². The average molecular weight is 578 g/mol. The maximum atomic E-state index is 12.4. The van der Waals surface area contributed by atoms with Gasteiger partial charge in [-0.1, -0.05) is 27.6 Å². The molecule has 0 N–H and O–H groups in total. The Bertz CT molecular complexity index is 1050. The number of amides is 1. The number of carbonyl (C=O) groups excluding carboxylic acids is 1. The van der Waals surface area contributed by atoms with E-state index in [1.807, 2.05) is 25.5 Å². The number of anilines is 1. The number of halogens is 1. The molecule has 0 bridgehead atoms. The van der Waals surface area contributed by atoms with Crippen LogP contribution < -0.4 is 4.90 Å². The molecule has 4 heterocycles. The Morgan fingerprint density at radius 3 is 2.46 bits per heavy atom. The third kappa shape index (κ3) is 5.37. The molecule has 3 saturated heterocycles. The second kappa shape index (κ2) is 9.73. The van der Waals surface area contributed by atoms with Crippen molar-refractivity contribution < 1.29 is 14.3 Å². The third-order valence-corrected chi connectivity index (χ3v) is 9.17. The number of hydrogen-bond donors (Lipinski definition) is 0. The quantitative estimate of drug-likeness (QED) is 0.465. The minimum atomic E-state index is -0.477. The summed E-state index contributed by atoms with van der Waals surface area (Å²) in [5.41, 5.74) is -0.384. The summed E-state index contributed by atoms with van der Waals surface area (Å²) in [7, 11) is 0. The molecule has 1 spiro atoms. The van der Waals surface area contributed by atoms with Crippen molar-refractivity contribution in [1.29, 1.82) is 0 Å². The summed E-state index contributed by atoms with van der Waals surface area (Å²) in [5, 5.41) is 5.04. The number of aromatic nitrogens is 2. The molecule has 1 saturated carbocycles. The molecule has 9 nitrogen and oxygen atoms in total. The second-order valence-electron chi connectivity index (χ2n) is 13.2. The summed E-state index contributed by atoms with van der Waals surface area (Å²) >= 11 is 3.75. The summed E-state index contributed by atoms with van der Waals surface area (Å²) < 4.78 is 13.8. The topological polar surface area (TPSA) is 67.4 Å². The molecule has 5 rings (SSSR count). The van der Waals surface area contributed by atoms with Crippen LogP contribution in [0.3, 0.4) is 0 Å². The molecule has 4 aliphatic rings. The van der Waals surface area contributed by atoms with Gasteiger partial charge in [0.2, 0.25) is 0 Å². The van der Waals surface area contributed by atoms with Crippen LogP contribution in [0, 0.1) is 17.9 Å². The lowest BCUT2D eigenvalue weighted by Crippen LogP contribution is -2.64. The predicted molar refractivity (Wildman–Crippen MR) is 146 cm³/mol. The highest BCUT2D eigenvalue weighted by atomic mass is 79.9. The van der Waals surface area contributed by atoms with E-state index in [2.05, 4.69) is 44.4 Å². The van der Waals surface area contributed by atoms with Gasteiger partial charge in [0, 0.05) is 50.2 Å². The maximum absolute atomic E-state index is 12.4. The lowest BCUT2D eigenvalue weighted by Gasteiger charge is -2.57. The van der Waals surface area contributed by atoms with Gasteiger partial charge in [-0.05, 0) is 66.2 Å². The molecule has 0 unspecified atom stereocenters. The smallest absolute Gasteiger partial charge is 0.410 e. The van der Waals surface area contributed by atoms with Crippen LogP contribution in [0.5, 0.6) is 0 Å². The molecular formula is C27H41BrN6O3. The third-order valence-electron chi connectivity index (χ3n) is 8.46. The van der Waals surface area contributed by atoms with E-state index < -0.39 is 5.60 Å². The first-order valence-electron chi connectivity index (χ1n) is 13.6. The van der Waals surface area contributed by atoms with Crippen LogP contribution in [0.2, 0.25) is 0 Å². The molecule has 0 radical (unpaired) electrons. The first-order valence-corrected chi connectivity index (χ1v) is 14.4. The molecular weight excluding hydrogens is 536 g/mol. The predicted octanol–water partition coefficient (Wildman–Crippen LogP) is 5.10. The van der Waals surface area contributed by atoms with Crippen LogP contribution in [-0.2, 0) is 9.47 Å². The van der Waals surface area contributed by atoms with Crippen molar-refractivity contribution >= 4 is 33.7 Å². The maximum Gasteiger partial charge on any atom is 0.410 e. The first-order chi connectivity index (χ1) is 17.4. The zero-order chi connectivity index (χ0) is 26.6. The van der Waals surface area contributed by atoms with Crippen LogP contribution in [0.15, 0.2) is 4.47 Å². The van der Waals surface area contributed by atoms with Crippen molar-refractivity contribution in [2.24, 2.45) is 11.3 Å². The molecule has 1 amide bonds. The lowest BCUT2D eigenvalue weighted by molar-refractivity contribution is -0.0923. The van der Waals surface area contributed by atoms with Crippen LogP contribution in [-0.4, -0.2) is 89.3 Å². The van der Waals surface area contributed by atoms with Crippen molar-refractivity contribution in [3.05, 3.63) is 15.9 Å². The second-order valence-corrected chi connectivity index (χ2v) is 13.9. The number of hydrogen-bond acceptors (Lipinski definition) is 6. The number of ether oxygens (including phenoxy) is 2. The molecule has 4 fully saturated rings. The van der Waals surface area contributed by atoms with Crippen LogP contribution in [0.25, 0.3) is 4.85 Å². The zero-order valence-corrected chi connectivity index (χ0v) is 24.5. The van der Waals surface area contributed by atoms with Gasteiger partial charge in [-0.25, -0.2) is 4.79 Å². The van der Waals surface area contributed by atoms with Crippen molar-refractivity contribution in [3.8, 4) is 0 Å². The van der Waals surface area contributed by atoms with E-state index in [4.69, 9.17) is 21.1 Å². The number of carbonyl (C=O) groups is 1. The van der Waals surface area contributed by atoms with Crippen LogP contribution in [0.4, 0.5) is 16.4 Å². The van der Waals surface area contributed by atoms with Gasteiger partial charge in [0.05, 0.1) is 17.7 Å². The van der Waals surface area contributed by atoms with E-state index >= 15 is 0 Å². The fraction of sp³-hybridized carbons (Fsp3) is 0.815.